The number of hydrogen-bond acceptors (Lipinski definition) is 4. The molecule has 0 unspecified atom stereocenters. The van der Waals surface area contributed by atoms with Gasteiger partial charge in [0.25, 0.3) is 0 Å². The fraction of sp³-hybridized carbons (Fsp3) is 0.481. The van der Waals surface area contributed by atoms with Crippen molar-refractivity contribution in [2.45, 2.75) is 51.2 Å². The third-order valence-electron chi connectivity index (χ3n) is 7.41. The van der Waals surface area contributed by atoms with Crippen LogP contribution in [0.25, 0.3) is 10.9 Å². The topological polar surface area (TPSA) is 50.6 Å². The first-order valence-electron chi connectivity index (χ1n) is 12.2. The molecule has 1 atom stereocenters. The summed E-state index contributed by atoms with van der Waals surface area (Å²) in [6.07, 6.45) is 11.4. The lowest BCUT2D eigenvalue weighted by atomic mass is 9.83. The summed E-state index contributed by atoms with van der Waals surface area (Å²) in [5.74, 6) is 1.44. The molecule has 1 aromatic carbocycles. The normalized spacial score (nSPS) is 19.4. The smallest absolute Gasteiger partial charge is 0.226 e. The van der Waals surface area contributed by atoms with Crippen LogP contribution in [0.5, 0.6) is 5.75 Å². The molecule has 6 nitrogen and oxygen atoms in total. The monoisotopic (exact) mass is 446 g/mol. The Balaban J connectivity index is 1.35. The Hall–Kier alpha value is -2.86. The molecule has 1 saturated heterocycles. The lowest BCUT2D eigenvalue weighted by Crippen LogP contribution is -2.51. The number of methoxy groups -OCH3 is 1. The van der Waals surface area contributed by atoms with Crippen LogP contribution in [-0.4, -0.2) is 51.5 Å². The number of pyridine rings is 1. The van der Waals surface area contributed by atoms with Crippen molar-refractivity contribution >= 4 is 16.8 Å². The predicted molar refractivity (Wildman–Crippen MR) is 130 cm³/mol. The number of likely N-dealkylation sites (tertiary alicyclic amines) is 1. The molecule has 1 aliphatic carbocycles. The predicted octanol–water partition coefficient (Wildman–Crippen LogP) is 4.38. The van der Waals surface area contributed by atoms with E-state index in [2.05, 4.69) is 50.8 Å². The Morgan fingerprint density at radius 3 is 2.82 bits per heavy atom. The average Bonchev–Trinajstić information content (AvgIpc) is 3.11. The third kappa shape index (κ3) is 4.62. The molecule has 2 aliphatic rings. The van der Waals surface area contributed by atoms with Crippen molar-refractivity contribution in [2.24, 2.45) is 13.0 Å². The maximum atomic E-state index is 13.4. The number of ether oxygens (including phenoxy) is 1. The van der Waals surface area contributed by atoms with Crippen molar-refractivity contribution in [3.63, 3.8) is 0 Å². The van der Waals surface area contributed by atoms with E-state index in [9.17, 15) is 4.79 Å². The molecular weight excluding hydrogens is 412 g/mol. The summed E-state index contributed by atoms with van der Waals surface area (Å²) in [6.45, 7) is 3.53. The number of carbonyl (C=O) groups excluding carboxylic acids is 1. The lowest BCUT2D eigenvalue weighted by molar-refractivity contribution is -0.142. The number of benzene rings is 1. The molecule has 0 radical (unpaired) electrons. The van der Waals surface area contributed by atoms with Gasteiger partial charge in [-0.3, -0.25) is 14.7 Å². The molecular formula is C27H34N4O2. The van der Waals surface area contributed by atoms with Crippen LogP contribution in [0.1, 0.15) is 43.2 Å². The molecule has 33 heavy (non-hydrogen) atoms. The molecule has 0 bridgehead atoms. The van der Waals surface area contributed by atoms with E-state index in [1.807, 2.05) is 18.3 Å². The Labute approximate surface area is 196 Å². The van der Waals surface area contributed by atoms with Crippen LogP contribution in [0, 0.1) is 5.92 Å². The van der Waals surface area contributed by atoms with Crippen LogP contribution in [0.2, 0.25) is 0 Å². The minimum absolute atomic E-state index is 0.211. The molecule has 5 rings (SSSR count). The highest BCUT2D eigenvalue weighted by Gasteiger charge is 2.35. The Morgan fingerprint density at radius 1 is 1.21 bits per heavy atom. The molecule has 1 saturated carbocycles. The number of aromatic nitrogens is 2. The van der Waals surface area contributed by atoms with Crippen LogP contribution < -0.4 is 4.74 Å². The van der Waals surface area contributed by atoms with Gasteiger partial charge in [-0.2, -0.15) is 0 Å². The largest absolute Gasteiger partial charge is 0.497 e. The summed E-state index contributed by atoms with van der Waals surface area (Å²) in [7, 11) is 3.82. The molecule has 3 aromatic rings. The van der Waals surface area contributed by atoms with Gasteiger partial charge in [0, 0.05) is 68.1 Å². The van der Waals surface area contributed by atoms with Gasteiger partial charge in [-0.15, -0.1) is 0 Å². The lowest BCUT2D eigenvalue weighted by Gasteiger charge is -2.42. The van der Waals surface area contributed by atoms with E-state index in [1.54, 1.807) is 13.3 Å². The fourth-order valence-corrected chi connectivity index (χ4v) is 5.34. The van der Waals surface area contributed by atoms with Crippen molar-refractivity contribution in [3.8, 4) is 5.75 Å². The second-order valence-electron chi connectivity index (χ2n) is 9.63. The van der Waals surface area contributed by atoms with Gasteiger partial charge in [-0.25, -0.2) is 0 Å². The second-order valence-corrected chi connectivity index (χ2v) is 9.63. The SMILES string of the molecule is COc1ccc2c(c1)c(CN1CCC[C@H](N(Cc3cccnc3)C(=O)C3CCC3)C1)cn2C. The van der Waals surface area contributed by atoms with Crippen LogP contribution >= 0.6 is 0 Å². The molecule has 1 amide bonds. The molecule has 174 valence electrons. The Morgan fingerprint density at radius 2 is 2.09 bits per heavy atom. The third-order valence-corrected chi connectivity index (χ3v) is 7.41. The van der Waals surface area contributed by atoms with E-state index in [4.69, 9.17) is 4.74 Å². The van der Waals surface area contributed by atoms with Crippen molar-refractivity contribution in [2.75, 3.05) is 20.2 Å². The molecule has 0 N–H and O–H groups in total. The minimum atomic E-state index is 0.211. The van der Waals surface area contributed by atoms with Crippen molar-refractivity contribution in [1.29, 1.82) is 0 Å². The van der Waals surface area contributed by atoms with Crippen LogP contribution in [0.4, 0.5) is 0 Å². The Kier molecular flexibility index (Phi) is 6.36. The Bertz CT molecular complexity index is 1110. The van der Waals surface area contributed by atoms with Crippen LogP contribution in [-0.2, 0) is 24.9 Å². The summed E-state index contributed by atoms with van der Waals surface area (Å²) >= 11 is 0. The van der Waals surface area contributed by atoms with Gasteiger partial charge in [0.1, 0.15) is 5.75 Å². The van der Waals surface area contributed by atoms with E-state index in [0.717, 1.165) is 56.6 Å². The quantitative estimate of drug-likeness (QED) is 0.541. The number of nitrogens with zero attached hydrogens (tertiary/aromatic N) is 4. The van der Waals surface area contributed by atoms with Crippen molar-refractivity contribution in [1.82, 2.24) is 19.4 Å². The molecule has 6 heteroatoms. The fourth-order valence-electron chi connectivity index (χ4n) is 5.34. The van der Waals surface area contributed by atoms with Gasteiger partial charge in [-0.05, 0) is 67.6 Å². The second kappa shape index (κ2) is 9.56. The van der Waals surface area contributed by atoms with E-state index in [-0.39, 0.29) is 12.0 Å². The van der Waals surface area contributed by atoms with Crippen LogP contribution in [0.3, 0.4) is 0 Å². The minimum Gasteiger partial charge on any atom is -0.497 e. The number of aryl methyl sites for hydroxylation is 1. The zero-order valence-electron chi connectivity index (χ0n) is 19.7. The number of piperidine rings is 1. The summed E-state index contributed by atoms with van der Waals surface area (Å²) in [5.41, 5.74) is 3.65. The van der Waals surface area contributed by atoms with E-state index < -0.39 is 0 Å². The molecule has 2 fully saturated rings. The molecule has 1 aliphatic heterocycles. The van der Waals surface area contributed by atoms with Gasteiger partial charge in [0.05, 0.1) is 7.11 Å². The maximum Gasteiger partial charge on any atom is 0.226 e. The molecule has 3 heterocycles. The summed E-state index contributed by atoms with van der Waals surface area (Å²) in [6, 6.07) is 10.6. The van der Waals surface area contributed by atoms with Gasteiger partial charge in [0.15, 0.2) is 0 Å². The van der Waals surface area contributed by atoms with Gasteiger partial charge in [-0.1, -0.05) is 12.5 Å². The highest BCUT2D eigenvalue weighted by molar-refractivity contribution is 5.85. The van der Waals surface area contributed by atoms with Gasteiger partial charge >= 0.3 is 0 Å². The number of amides is 1. The van der Waals surface area contributed by atoms with E-state index in [1.165, 1.54) is 22.9 Å². The van der Waals surface area contributed by atoms with Gasteiger partial charge in [0.2, 0.25) is 5.91 Å². The number of carbonyl (C=O) groups is 1. The first kappa shape index (κ1) is 22.0. The first-order valence-corrected chi connectivity index (χ1v) is 12.2. The first-order chi connectivity index (χ1) is 16.1. The highest BCUT2D eigenvalue weighted by atomic mass is 16.5. The van der Waals surface area contributed by atoms with E-state index in [0.29, 0.717) is 12.5 Å². The van der Waals surface area contributed by atoms with Crippen LogP contribution in [0.15, 0.2) is 48.9 Å². The van der Waals surface area contributed by atoms with Crippen molar-refractivity contribution < 1.29 is 9.53 Å². The van der Waals surface area contributed by atoms with Gasteiger partial charge < -0.3 is 14.2 Å². The number of hydrogen-bond donors (Lipinski definition) is 0. The zero-order valence-corrected chi connectivity index (χ0v) is 19.7. The summed E-state index contributed by atoms with van der Waals surface area (Å²) < 4.78 is 7.67. The number of fused-ring (bicyclic) bond motifs is 1. The summed E-state index contributed by atoms with van der Waals surface area (Å²) in [5, 5.41) is 1.25. The average molecular weight is 447 g/mol. The molecule has 2 aromatic heterocycles. The maximum absolute atomic E-state index is 13.4. The number of rotatable bonds is 7. The van der Waals surface area contributed by atoms with Crippen molar-refractivity contribution in [3.05, 3.63) is 60.0 Å². The standard InChI is InChI=1S/C27H34N4O2/c1-29-17-22(25-14-24(33-2)10-11-26(25)29)18-30-13-5-9-23(19-30)31(27(32)21-7-3-8-21)16-20-6-4-12-28-15-20/h4,6,10-12,14-15,17,21,23H,3,5,7-9,13,16,18-19H2,1-2H3/t23-/m0/s1. The zero-order chi connectivity index (χ0) is 22.8. The van der Waals surface area contributed by atoms with E-state index >= 15 is 0 Å². The molecule has 0 spiro atoms. The highest BCUT2D eigenvalue weighted by Crippen LogP contribution is 2.32. The summed E-state index contributed by atoms with van der Waals surface area (Å²) in [4.78, 5) is 22.4.